The Morgan fingerprint density at radius 3 is 2.39 bits per heavy atom. The number of ether oxygens (including phenoxy) is 1. The molecule has 0 bridgehead atoms. The van der Waals surface area contributed by atoms with Crippen molar-refractivity contribution in [3.63, 3.8) is 0 Å². The second kappa shape index (κ2) is 7.26. The standard InChI is InChI=1S/C18H12ClF3O/c1-23-16-10-9-14(8-7-13-5-3-2-4-6-13)15(11-16)12-17(19)18(20,21)22/h2-6,9-12H,1H3. The van der Waals surface area contributed by atoms with Crippen LogP contribution < -0.4 is 4.74 Å². The molecule has 0 saturated carbocycles. The lowest BCUT2D eigenvalue weighted by Gasteiger charge is -2.07. The third-order valence-corrected chi connectivity index (χ3v) is 3.25. The molecule has 0 amide bonds. The molecule has 0 aliphatic carbocycles. The molecule has 0 aliphatic rings. The van der Waals surface area contributed by atoms with Gasteiger partial charge in [0, 0.05) is 11.1 Å². The van der Waals surface area contributed by atoms with Gasteiger partial charge in [-0.05, 0) is 42.0 Å². The first kappa shape index (κ1) is 17.0. The van der Waals surface area contributed by atoms with E-state index in [2.05, 4.69) is 11.8 Å². The van der Waals surface area contributed by atoms with Crippen LogP contribution in [-0.2, 0) is 0 Å². The summed E-state index contributed by atoms with van der Waals surface area (Å²) in [5.74, 6) is 6.19. The Bertz CT molecular complexity index is 768. The van der Waals surface area contributed by atoms with E-state index in [9.17, 15) is 13.2 Å². The van der Waals surface area contributed by atoms with Gasteiger partial charge in [0.1, 0.15) is 10.8 Å². The largest absolute Gasteiger partial charge is 0.497 e. The molecule has 0 aromatic heterocycles. The Morgan fingerprint density at radius 1 is 1.09 bits per heavy atom. The molecule has 0 saturated heterocycles. The third-order valence-electron chi connectivity index (χ3n) is 2.93. The molecule has 0 radical (unpaired) electrons. The normalized spacial score (nSPS) is 11.6. The maximum Gasteiger partial charge on any atom is 0.426 e. The molecule has 1 nitrogen and oxygen atoms in total. The summed E-state index contributed by atoms with van der Waals surface area (Å²) in [5.41, 5.74) is 1.44. The molecule has 0 heterocycles. The summed E-state index contributed by atoms with van der Waals surface area (Å²) in [6.07, 6.45) is -3.76. The Balaban J connectivity index is 2.46. The number of alkyl halides is 3. The first-order chi connectivity index (χ1) is 10.9. The Morgan fingerprint density at radius 2 is 1.78 bits per heavy atom. The number of methoxy groups -OCH3 is 1. The van der Waals surface area contributed by atoms with Gasteiger partial charge in [-0.3, -0.25) is 0 Å². The van der Waals surface area contributed by atoms with Crippen molar-refractivity contribution in [3.05, 3.63) is 70.3 Å². The van der Waals surface area contributed by atoms with Crippen LogP contribution in [-0.4, -0.2) is 13.3 Å². The van der Waals surface area contributed by atoms with Crippen molar-refractivity contribution in [2.45, 2.75) is 6.18 Å². The van der Waals surface area contributed by atoms with Crippen LogP contribution >= 0.6 is 11.6 Å². The van der Waals surface area contributed by atoms with Crippen molar-refractivity contribution in [1.82, 2.24) is 0 Å². The number of halogens is 4. The molecule has 2 aromatic carbocycles. The van der Waals surface area contributed by atoms with Crippen LogP contribution in [0.5, 0.6) is 5.75 Å². The topological polar surface area (TPSA) is 9.23 Å². The van der Waals surface area contributed by atoms with Crippen molar-refractivity contribution in [2.75, 3.05) is 7.11 Å². The Hall–Kier alpha value is -2.38. The fraction of sp³-hybridized carbons (Fsp3) is 0.111. The third kappa shape index (κ3) is 4.80. The number of allylic oxidation sites excluding steroid dienone is 1. The van der Waals surface area contributed by atoms with E-state index in [1.807, 2.05) is 30.3 Å². The second-order valence-electron chi connectivity index (χ2n) is 4.56. The molecule has 2 rings (SSSR count). The summed E-state index contributed by atoms with van der Waals surface area (Å²) < 4.78 is 42.9. The predicted octanol–water partition coefficient (Wildman–Crippen LogP) is 5.24. The van der Waals surface area contributed by atoms with Gasteiger partial charge in [0.15, 0.2) is 0 Å². The maximum absolute atomic E-state index is 12.6. The quantitative estimate of drug-likeness (QED) is 0.682. The van der Waals surface area contributed by atoms with Crippen molar-refractivity contribution in [1.29, 1.82) is 0 Å². The summed E-state index contributed by atoms with van der Waals surface area (Å²) in [6, 6.07) is 13.8. The van der Waals surface area contributed by atoms with Crippen molar-refractivity contribution >= 4 is 17.7 Å². The first-order valence-electron chi connectivity index (χ1n) is 6.59. The zero-order valence-corrected chi connectivity index (χ0v) is 12.9. The van der Waals surface area contributed by atoms with Crippen molar-refractivity contribution in [2.24, 2.45) is 0 Å². The van der Waals surface area contributed by atoms with E-state index in [-0.39, 0.29) is 5.56 Å². The second-order valence-corrected chi connectivity index (χ2v) is 4.97. The Kier molecular flexibility index (Phi) is 5.36. The van der Waals surface area contributed by atoms with Gasteiger partial charge in [0.05, 0.1) is 7.11 Å². The van der Waals surface area contributed by atoms with E-state index in [1.165, 1.54) is 13.2 Å². The van der Waals surface area contributed by atoms with E-state index < -0.39 is 11.2 Å². The Labute approximate surface area is 137 Å². The molecule has 0 unspecified atom stereocenters. The molecule has 23 heavy (non-hydrogen) atoms. The molecule has 118 valence electrons. The highest BCUT2D eigenvalue weighted by Gasteiger charge is 2.32. The van der Waals surface area contributed by atoms with Crippen molar-refractivity contribution < 1.29 is 17.9 Å². The molecule has 0 atom stereocenters. The highest BCUT2D eigenvalue weighted by Crippen LogP contribution is 2.31. The lowest BCUT2D eigenvalue weighted by Crippen LogP contribution is -2.06. The minimum Gasteiger partial charge on any atom is -0.497 e. The van der Waals surface area contributed by atoms with Crippen LogP contribution in [0.2, 0.25) is 0 Å². The zero-order valence-electron chi connectivity index (χ0n) is 12.1. The van der Waals surface area contributed by atoms with E-state index in [0.717, 1.165) is 11.6 Å². The SMILES string of the molecule is COc1ccc(C#Cc2ccccc2)c(C=C(Cl)C(F)(F)F)c1. The minimum atomic E-state index is -4.60. The molecule has 0 N–H and O–H groups in total. The highest BCUT2D eigenvalue weighted by atomic mass is 35.5. The van der Waals surface area contributed by atoms with Gasteiger partial charge in [-0.25, -0.2) is 0 Å². The minimum absolute atomic E-state index is 0.245. The van der Waals surface area contributed by atoms with E-state index in [0.29, 0.717) is 11.3 Å². The molecule has 0 spiro atoms. The van der Waals surface area contributed by atoms with E-state index in [1.54, 1.807) is 12.1 Å². The van der Waals surface area contributed by atoms with Gasteiger partial charge >= 0.3 is 6.18 Å². The number of rotatable bonds is 2. The zero-order chi connectivity index (χ0) is 16.9. The van der Waals surface area contributed by atoms with Crippen LogP contribution in [0.25, 0.3) is 6.08 Å². The fourth-order valence-corrected chi connectivity index (χ4v) is 1.90. The summed E-state index contributed by atoms with van der Waals surface area (Å²) >= 11 is 5.32. The van der Waals surface area contributed by atoms with Gasteiger partial charge in [-0.1, -0.05) is 41.6 Å². The van der Waals surface area contributed by atoms with Crippen LogP contribution in [0.4, 0.5) is 13.2 Å². The number of hydrogen-bond donors (Lipinski definition) is 0. The molecule has 5 heteroatoms. The highest BCUT2D eigenvalue weighted by molar-refractivity contribution is 6.32. The summed E-state index contributed by atoms with van der Waals surface area (Å²) in [7, 11) is 1.43. The molecular weight excluding hydrogens is 325 g/mol. The first-order valence-corrected chi connectivity index (χ1v) is 6.97. The average molecular weight is 337 g/mol. The van der Waals surface area contributed by atoms with Gasteiger partial charge in [0.25, 0.3) is 0 Å². The van der Waals surface area contributed by atoms with Crippen LogP contribution in [0, 0.1) is 11.8 Å². The van der Waals surface area contributed by atoms with Gasteiger partial charge in [-0.2, -0.15) is 13.2 Å². The van der Waals surface area contributed by atoms with Crippen LogP contribution in [0.3, 0.4) is 0 Å². The molecule has 0 fully saturated rings. The molecule has 2 aromatic rings. The van der Waals surface area contributed by atoms with E-state index >= 15 is 0 Å². The molecular formula is C18H12ClF3O. The van der Waals surface area contributed by atoms with Gasteiger partial charge in [0.2, 0.25) is 0 Å². The lowest BCUT2D eigenvalue weighted by molar-refractivity contribution is -0.0836. The summed E-state index contributed by atoms with van der Waals surface area (Å²) in [4.78, 5) is 0. The fourth-order valence-electron chi connectivity index (χ4n) is 1.78. The average Bonchev–Trinajstić information content (AvgIpc) is 2.53. The van der Waals surface area contributed by atoms with Gasteiger partial charge in [-0.15, -0.1) is 0 Å². The molecule has 0 aliphatic heterocycles. The number of benzene rings is 2. The lowest BCUT2D eigenvalue weighted by atomic mass is 10.1. The summed E-state index contributed by atoms with van der Waals surface area (Å²) in [6.45, 7) is 0. The van der Waals surface area contributed by atoms with Crippen LogP contribution in [0.15, 0.2) is 53.6 Å². The smallest absolute Gasteiger partial charge is 0.426 e. The predicted molar refractivity (Wildman–Crippen MR) is 85.3 cm³/mol. The number of hydrogen-bond acceptors (Lipinski definition) is 1. The van der Waals surface area contributed by atoms with Crippen molar-refractivity contribution in [3.8, 4) is 17.6 Å². The monoisotopic (exact) mass is 336 g/mol. The van der Waals surface area contributed by atoms with Crippen LogP contribution in [0.1, 0.15) is 16.7 Å². The van der Waals surface area contributed by atoms with E-state index in [4.69, 9.17) is 16.3 Å². The maximum atomic E-state index is 12.6. The summed E-state index contributed by atoms with van der Waals surface area (Å²) in [5, 5.41) is -1.21. The van der Waals surface area contributed by atoms with Gasteiger partial charge < -0.3 is 4.74 Å².